The van der Waals surface area contributed by atoms with E-state index in [4.69, 9.17) is 13.3 Å². The fourth-order valence-electron chi connectivity index (χ4n) is 2.38. The predicted molar refractivity (Wildman–Crippen MR) is 92.6 cm³/mol. The Balaban J connectivity index is 3.79. The predicted octanol–water partition coefficient (Wildman–Crippen LogP) is 5.34. The molecular weight excluding hydrogens is 280 g/mol. The van der Waals surface area contributed by atoms with E-state index in [1.165, 1.54) is 44.9 Å². The van der Waals surface area contributed by atoms with Gasteiger partial charge in [0.2, 0.25) is 0 Å². The molecule has 0 unspecified atom stereocenters. The van der Waals surface area contributed by atoms with Gasteiger partial charge in [-0.15, -0.1) is 6.58 Å². The van der Waals surface area contributed by atoms with Gasteiger partial charge >= 0.3 is 8.80 Å². The Labute approximate surface area is 133 Å². The Morgan fingerprint density at radius 3 is 1.76 bits per heavy atom. The minimum atomic E-state index is -2.50. The average molecular weight is 317 g/mol. The molecular formula is C17H36O3Si. The molecule has 0 radical (unpaired) electrons. The first-order valence-corrected chi connectivity index (χ1v) is 10.7. The third kappa shape index (κ3) is 11.1. The van der Waals surface area contributed by atoms with Crippen molar-refractivity contribution in [3.63, 3.8) is 0 Å². The largest absolute Gasteiger partial charge is 0.504 e. The monoisotopic (exact) mass is 316 g/mol. The van der Waals surface area contributed by atoms with Gasteiger partial charge < -0.3 is 13.3 Å². The quantitative estimate of drug-likeness (QED) is 0.218. The van der Waals surface area contributed by atoms with Crippen LogP contribution in [0, 0.1) is 0 Å². The summed E-state index contributed by atoms with van der Waals surface area (Å²) in [5, 5.41) is 0. The van der Waals surface area contributed by atoms with Crippen molar-refractivity contribution in [2.24, 2.45) is 0 Å². The van der Waals surface area contributed by atoms with Gasteiger partial charge in [-0.2, -0.15) is 0 Å². The molecule has 0 aromatic carbocycles. The second-order valence-corrected chi connectivity index (χ2v) is 8.01. The molecule has 0 saturated heterocycles. The lowest BCUT2D eigenvalue weighted by atomic mass is 10.1. The number of hydrogen-bond donors (Lipinski definition) is 0. The summed E-state index contributed by atoms with van der Waals surface area (Å²) in [6.45, 7) is 12.1. The number of unbranched alkanes of at least 4 members (excludes halogenated alkanes) is 7. The van der Waals surface area contributed by atoms with E-state index in [9.17, 15) is 0 Å². The maximum atomic E-state index is 6.02. The SMILES string of the molecule is C=CC[Si](OCC)(OCC)OCCCCCCCCCC. The van der Waals surface area contributed by atoms with Crippen LogP contribution in [0.4, 0.5) is 0 Å². The zero-order valence-electron chi connectivity index (χ0n) is 14.5. The van der Waals surface area contributed by atoms with Gasteiger partial charge in [0, 0.05) is 25.9 Å². The van der Waals surface area contributed by atoms with Crippen molar-refractivity contribution in [1.82, 2.24) is 0 Å². The number of allylic oxidation sites excluding steroid dienone is 1. The highest BCUT2D eigenvalue weighted by molar-refractivity contribution is 6.61. The molecule has 0 aliphatic rings. The molecule has 0 saturated carbocycles. The summed E-state index contributed by atoms with van der Waals surface area (Å²) in [5.41, 5.74) is 0. The second-order valence-electron chi connectivity index (χ2n) is 5.37. The molecule has 0 N–H and O–H groups in total. The molecule has 3 nitrogen and oxygen atoms in total. The molecule has 0 bridgehead atoms. The van der Waals surface area contributed by atoms with Gasteiger partial charge in [0.1, 0.15) is 0 Å². The smallest absolute Gasteiger partial charge is 0.374 e. The normalized spacial score (nSPS) is 11.8. The Morgan fingerprint density at radius 2 is 1.29 bits per heavy atom. The van der Waals surface area contributed by atoms with Crippen LogP contribution in [0.15, 0.2) is 12.7 Å². The van der Waals surface area contributed by atoms with Crippen LogP contribution >= 0.6 is 0 Å². The fourth-order valence-corrected chi connectivity index (χ4v) is 4.67. The Bertz CT molecular complexity index is 228. The topological polar surface area (TPSA) is 27.7 Å². The van der Waals surface area contributed by atoms with E-state index in [1.807, 2.05) is 19.9 Å². The third-order valence-electron chi connectivity index (χ3n) is 3.44. The van der Waals surface area contributed by atoms with E-state index in [-0.39, 0.29) is 0 Å². The molecule has 0 rings (SSSR count). The van der Waals surface area contributed by atoms with E-state index >= 15 is 0 Å². The molecule has 21 heavy (non-hydrogen) atoms. The summed E-state index contributed by atoms with van der Waals surface area (Å²) in [7, 11) is -2.50. The Hall–Kier alpha value is -0.163. The van der Waals surface area contributed by atoms with Crippen molar-refractivity contribution in [2.75, 3.05) is 19.8 Å². The fraction of sp³-hybridized carbons (Fsp3) is 0.882. The summed E-state index contributed by atoms with van der Waals surface area (Å²) >= 11 is 0. The van der Waals surface area contributed by atoms with Crippen LogP contribution < -0.4 is 0 Å². The molecule has 0 aliphatic carbocycles. The zero-order chi connectivity index (χ0) is 15.8. The van der Waals surface area contributed by atoms with E-state index in [1.54, 1.807) is 0 Å². The lowest BCUT2D eigenvalue weighted by Gasteiger charge is -2.27. The molecule has 0 atom stereocenters. The van der Waals surface area contributed by atoms with E-state index in [0.29, 0.717) is 19.3 Å². The maximum absolute atomic E-state index is 6.02. The maximum Gasteiger partial charge on any atom is 0.504 e. The molecule has 0 amide bonds. The first kappa shape index (κ1) is 20.8. The van der Waals surface area contributed by atoms with Crippen LogP contribution in [-0.2, 0) is 13.3 Å². The Kier molecular flexibility index (Phi) is 14.6. The summed E-state index contributed by atoms with van der Waals surface area (Å²) in [5.74, 6) is 0. The van der Waals surface area contributed by atoms with Gasteiger partial charge in [0.05, 0.1) is 0 Å². The summed E-state index contributed by atoms with van der Waals surface area (Å²) in [4.78, 5) is 0. The van der Waals surface area contributed by atoms with Crippen molar-refractivity contribution >= 4 is 8.80 Å². The standard InChI is InChI=1S/C17H36O3Si/c1-5-9-10-11-12-13-14-15-16-20-21(17-6-2,18-7-3)19-8-4/h6H,2,5,7-17H2,1,3-4H3. The lowest BCUT2D eigenvalue weighted by molar-refractivity contribution is 0.0685. The van der Waals surface area contributed by atoms with Crippen molar-refractivity contribution < 1.29 is 13.3 Å². The van der Waals surface area contributed by atoms with E-state index in [2.05, 4.69) is 13.5 Å². The van der Waals surface area contributed by atoms with Gasteiger partial charge in [-0.3, -0.25) is 0 Å². The highest BCUT2D eigenvalue weighted by Crippen LogP contribution is 2.17. The van der Waals surface area contributed by atoms with Crippen LogP contribution in [0.3, 0.4) is 0 Å². The highest BCUT2D eigenvalue weighted by Gasteiger charge is 2.39. The average Bonchev–Trinajstić information content (AvgIpc) is 2.46. The van der Waals surface area contributed by atoms with Gasteiger partial charge in [-0.05, 0) is 20.3 Å². The van der Waals surface area contributed by atoms with E-state index < -0.39 is 8.80 Å². The molecule has 0 heterocycles. The second kappa shape index (κ2) is 14.8. The molecule has 0 aromatic heterocycles. The van der Waals surface area contributed by atoms with Gasteiger partial charge in [-0.1, -0.05) is 57.9 Å². The Morgan fingerprint density at radius 1 is 0.762 bits per heavy atom. The van der Waals surface area contributed by atoms with Crippen LogP contribution in [0.5, 0.6) is 0 Å². The summed E-state index contributed by atoms with van der Waals surface area (Å²) in [6, 6.07) is 0.700. The van der Waals surface area contributed by atoms with Gasteiger partial charge in [0.25, 0.3) is 0 Å². The first-order chi connectivity index (χ1) is 10.2. The van der Waals surface area contributed by atoms with Crippen LogP contribution in [0.25, 0.3) is 0 Å². The van der Waals surface area contributed by atoms with Gasteiger partial charge in [-0.25, -0.2) is 0 Å². The molecule has 4 heteroatoms. The molecule has 0 aromatic rings. The zero-order valence-corrected chi connectivity index (χ0v) is 15.5. The summed E-state index contributed by atoms with van der Waals surface area (Å²) < 4.78 is 17.6. The van der Waals surface area contributed by atoms with Gasteiger partial charge in [0.15, 0.2) is 0 Å². The minimum Gasteiger partial charge on any atom is -0.374 e. The minimum absolute atomic E-state index is 0.636. The molecule has 126 valence electrons. The van der Waals surface area contributed by atoms with Crippen molar-refractivity contribution in [2.45, 2.75) is 78.2 Å². The van der Waals surface area contributed by atoms with Crippen LogP contribution in [0.1, 0.15) is 72.1 Å². The van der Waals surface area contributed by atoms with Crippen LogP contribution in [-0.4, -0.2) is 28.6 Å². The highest BCUT2D eigenvalue weighted by atomic mass is 28.4. The van der Waals surface area contributed by atoms with Crippen molar-refractivity contribution in [1.29, 1.82) is 0 Å². The lowest BCUT2D eigenvalue weighted by Crippen LogP contribution is -2.45. The first-order valence-electron chi connectivity index (χ1n) is 8.77. The molecule has 0 fully saturated rings. The summed E-state index contributed by atoms with van der Waals surface area (Å²) in [6.07, 6.45) is 12.3. The third-order valence-corrected chi connectivity index (χ3v) is 6.33. The van der Waals surface area contributed by atoms with Crippen LogP contribution in [0.2, 0.25) is 6.04 Å². The molecule has 0 spiro atoms. The molecule has 0 aliphatic heterocycles. The number of hydrogen-bond acceptors (Lipinski definition) is 3. The van der Waals surface area contributed by atoms with Crippen molar-refractivity contribution in [3.05, 3.63) is 12.7 Å². The van der Waals surface area contributed by atoms with E-state index in [0.717, 1.165) is 13.0 Å². The number of rotatable bonds is 16. The van der Waals surface area contributed by atoms with Crippen molar-refractivity contribution in [3.8, 4) is 0 Å².